The van der Waals surface area contributed by atoms with Gasteiger partial charge in [-0.25, -0.2) is 9.18 Å². The molecule has 0 bridgehead atoms. The number of Topliss-reactive ketones (excluding diaryl/α,β-unsaturated/α-hetero) is 1. The van der Waals surface area contributed by atoms with Gasteiger partial charge in [0, 0.05) is 18.5 Å². The van der Waals surface area contributed by atoms with Crippen molar-refractivity contribution in [1.29, 1.82) is 0 Å². The van der Waals surface area contributed by atoms with E-state index in [2.05, 4.69) is 0 Å². The summed E-state index contributed by atoms with van der Waals surface area (Å²) >= 11 is 0. The molecule has 1 saturated heterocycles. The predicted molar refractivity (Wildman–Crippen MR) is 50.4 cm³/mol. The zero-order valence-corrected chi connectivity index (χ0v) is 8.41. The van der Waals surface area contributed by atoms with E-state index >= 15 is 0 Å². The number of hydrogen-bond acceptors (Lipinski definition) is 2. The number of alkyl halides is 1. The molecule has 84 valence electrons. The maximum Gasteiger partial charge on any atom is 0.407 e. The Hall–Kier alpha value is -1.13. The lowest BCUT2D eigenvalue weighted by atomic mass is 9.76. The number of ketones is 1. The van der Waals surface area contributed by atoms with Crippen molar-refractivity contribution < 1.29 is 19.1 Å². The molecule has 1 atom stereocenters. The molecule has 15 heavy (non-hydrogen) atoms. The summed E-state index contributed by atoms with van der Waals surface area (Å²) in [6, 6.07) is 0. The average molecular weight is 215 g/mol. The van der Waals surface area contributed by atoms with Gasteiger partial charge in [0.1, 0.15) is 0 Å². The van der Waals surface area contributed by atoms with Crippen molar-refractivity contribution in [3.63, 3.8) is 0 Å². The summed E-state index contributed by atoms with van der Waals surface area (Å²) in [5.41, 5.74) is -0.550. The lowest BCUT2D eigenvalue weighted by molar-refractivity contribution is -0.131. The summed E-state index contributed by atoms with van der Waals surface area (Å²) in [5, 5.41) is 8.75. The molecule has 2 aliphatic rings. The van der Waals surface area contributed by atoms with Crippen molar-refractivity contribution in [3.05, 3.63) is 0 Å². The fourth-order valence-electron chi connectivity index (χ4n) is 2.61. The van der Waals surface area contributed by atoms with Crippen LogP contribution in [0.15, 0.2) is 0 Å². The topological polar surface area (TPSA) is 57.6 Å². The van der Waals surface area contributed by atoms with E-state index < -0.39 is 17.7 Å². The molecule has 1 amide bonds. The summed E-state index contributed by atoms with van der Waals surface area (Å²) in [6.07, 6.45) is -0.405. The van der Waals surface area contributed by atoms with Gasteiger partial charge in [0.25, 0.3) is 0 Å². The second-order valence-corrected chi connectivity index (χ2v) is 4.42. The molecule has 4 nitrogen and oxygen atoms in total. The lowest BCUT2D eigenvalue weighted by Gasteiger charge is -2.36. The zero-order valence-electron chi connectivity index (χ0n) is 8.41. The van der Waals surface area contributed by atoms with Crippen LogP contribution < -0.4 is 0 Å². The Morgan fingerprint density at radius 1 is 1.40 bits per heavy atom. The number of nitrogens with zero attached hydrogens (tertiary/aromatic N) is 1. The Bertz CT molecular complexity index is 297. The quantitative estimate of drug-likeness (QED) is 0.665. The SMILES string of the molecule is O=C(O)N1CCC2(CCC(F)C2=O)CC1. The smallest absolute Gasteiger partial charge is 0.407 e. The van der Waals surface area contributed by atoms with Gasteiger partial charge in [0.05, 0.1) is 0 Å². The summed E-state index contributed by atoms with van der Waals surface area (Å²) < 4.78 is 13.1. The molecule has 2 rings (SSSR count). The van der Waals surface area contributed by atoms with Crippen LogP contribution in [-0.4, -0.2) is 41.1 Å². The number of carbonyl (C=O) groups is 2. The van der Waals surface area contributed by atoms with Crippen molar-refractivity contribution in [2.45, 2.75) is 31.9 Å². The molecule has 1 aliphatic carbocycles. The van der Waals surface area contributed by atoms with Gasteiger partial charge in [0.15, 0.2) is 12.0 Å². The summed E-state index contributed by atoms with van der Waals surface area (Å²) in [7, 11) is 0. The van der Waals surface area contributed by atoms with E-state index in [0.29, 0.717) is 38.8 Å². The van der Waals surface area contributed by atoms with E-state index in [1.165, 1.54) is 4.90 Å². The number of carboxylic acid groups (broad SMARTS) is 1. The maximum absolute atomic E-state index is 13.1. The third-order valence-corrected chi connectivity index (χ3v) is 3.67. The number of rotatable bonds is 0. The highest BCUT2D eigenvalue weighted by Crippen LogP contribution is 2.44. The predicted octanol–water partition coefficient (Wildman–Crippen LogP) is 1.45. The minimum absolute atomic E-state index is 0.299. The second kappa shape index (κ2) is 3.47. The summed E-state index contributed by atoms with van der Waals surface area (Å²) in [4.78, 5) is 23.6. The normalized spacial score (nSPS) is 29.8. The van der Waals surface area contributed by atoms with Crippen LogP contribution in [-0.2, 0) is 4.79 Å². The Kier molecular flexibility index (Phi) is 2.40. The van der Waals surface area contributed by atoms with E-state index in [4.69, 9.17) is 5.11 Å². The Morgan fingerprint density at radius 3 is 2.40 bits per heavy atom. The first-order valence-corrected chi connectivity index (χ1v) is 5.21. The van der Waals surface area contributed by atoms with Crippen LogP contribution >= 0.6 is 0 Å². The molecule has 0 aromatic heterocycles. The zero-order chi connectivity index (χ0) is 11.1. The van der Waals surface area contributed by atoms with Gasteiger partial charge in [-0.1, -0.05) is 0 Å². The van der Waals surface area contributed by atoms with Gasteiger partial charge in [0.2, 0.25) is 0 Å². The Labute approximate surface area is 87.1 Å². The van der Waals surface area contributed by atoms with Crippen molar-refractivity contribution >= 4 is 11.9 Å². The largest absolute Gasteiger partial charge is 0.465 e. The molecular formula is C10H14FNO3. The molecule has 2 fully saturated rings. The molecule has 0 aromatic carbocycles. The van der Waals surface area contributed by atoms with Crippen LogP contribution in [0.5, 0.6) is 0 Å². The second-order valence-electron chi connectivity index (χ2n) is 4.42. The Balaban J connectivity index is 2.04. The van der Waals surface area contributed by atoms with Gasteiger partial charge in [-0.2, -0.15) is 0 Å². The van der Waals surface area contributed by atoms with E-state index in [-0.39, 0.29) is 5.78 Å². The van der Waals surface area contributed by atoms with E-state index in [1.807, 2.05) is 0 Å². The van der Waals surface area contributed by atoms with Crippen molar-refractivity contribution in [2.75, 3.05) is 13.1 Å². The van der Waals surface area contributed by atoms with Crippen LogP contribution in [0, 0.1) is 5.41 Å². The third kappa shape index (κ3) is 1.60. The van der Waals surface area contributed by atoms with Crippen molar-refractivity contribution in [2.24, 2.45) is 5.41 Å². The average Bonchev–Trinajstić information content (AvgIpc) is 2.48. The third-order valence-electron chi connectivity index (χ3n) is 3.67. The molecule has 1 unspecified atom stereocenters. The summed E-state index contributed by atoms with van der Waals surface area (Å²) in [6.45, 7) is 0.710. The number of piperidine rings is 1. The van der Waals surface area contributed by atoms with Gasteiger partial charge in [-0.05, 0) is 25.7 Å². The molecule has 1 aliphatic heterocycles. The number of carbonyl (C=O) groups excluding carboxylic acids is 1. The number of halogens is 1. The van der Waals surface area contributed by atoms with Crippen LogP contribution in [0.3, 0.4) is 0 Å². The summed E-state index contributed by atoms with van der Waals surface area (Å²) in [5.74, 6) is -0.299. The molecule has 0 radical (unpaired) electrons. The first kappa shape index (κ1) is 10.4. The molecule has 5 heteroatoms. The maximum atomic E-state index is 13.1. The number of likely N-dealkylation sites (tertiary alicyclic amines) is 1. The first-order valence-electron chi connectivity index (χ1n) is 5.21. The minimum Gasteiger partial charge on any atom is -0.465 e. The van der Waals surface area contributed by atoms with Gasteiger partial charge < -0.3 is 10.0 Å². The van der Waals surface area contributed by atoms with E-state index in [1.54, 1.807) is 0 Å². The fraction of sp³-hybridized carbons (Fsp3) is 0.800. The van der Waals surface area contributed by atoms with Crippen LogP contribution in [0.4, 0.5) is 9.18 Å². The molecule has 1 heterocycles. The highest BCUT2D eigenvalue weighted by molar-refractivity contribution is 5.91. The molecule has 0 aromatic rings. The highest BCUT2D eigenvalue weighted by atomic mass is 19.1. The molecule has 1 N–H and O–H groups in total. The number of amides is 1. The first-order chi connectivity index (χ1) is 7.05. The monoisotopic (exact) mass is 215 g/mol. The fourth-order valence-corrected chi connectivity index (χ4v) is 2.61. The highest BCUT2D eigenvalue weighted by Gasteiger charge is 2.49. The van der Waals surface area contributed by atoms with Gasteiger partial charge in [-0.3, -0.25) is 4.79 Å². The van der Waals surface area contributed by atoms with Crippen LogP contribution in [0.2, 0.25) is 0 Å². The van der Waals surface area contributed by atoms with Gasteiger partial charge >= 0.3 is 6.09 Å². The van der Waals surface area contributed by atoms with Crippen LogP contribution in [0.1, 0.15) is 25.7 Å². The van der Waals surface area contributed by atoms with Gasteiger partial charge in [-0.15, -0.1) is 0 Å². The minimum atomic E-state index is -1.32. The van der Waals surface area contributed by atoms with E-state index in [9.17, 15) is 14.0 Å². The number of hydrogen-bond donors (Lipinski definition) is 1. The molecule has 1 saturated carbocycles. The molecule has 1 spiro atoms. The van der Waals surface area contributed by atoms with Crippen molar-refractivity contribution in [3.8, 4) is 0 Å². The Morgan fingerprint density at radius 2 is 2.00 bits per heavy atom. The standard InChI is InChI=1S/C10H14FNO3/c11-7-1-2-10(8(7)13)3-5-12(6-4-10)9(14)15/h7H,1-6H2,(H,14,15). The van der Waals surface area contributed by atoms with Crippen molar-refractivity contribution in [1.82, 2.24) is 4.90 Å². The molecular weight excluding hydrogens is 201 g/mol. The van der Waals surface area contributed by atoms with Crippen LogP contribution in [0.25, 0.3) is 0 Å². The lowest BCUT2D eigenvalue weighted by Crippen LogP contribution is -2.45. The van der Waals surface area contributed by atoms with E-state index in [0.717, 1.165) is 0 Å².